The van der Waals surface area contributed by atoms with Crippen LogP contribution >= 0.6 is 0 Å². The minimum absolute atomic E-state index is 0.0478. The topological polar surface area (TPSA) is 62.6 Å². The van der Waals surface area contributed by atoms with Crippen molar-refractivity contribution < 1.29 is 4.74 Å². The van der Waals surface area contributed by atoms with Crippen LogP contribution in [0.15, 0.2) is 23.0 Å². The highest BCUT2D eigenvalue weighted by atomic mass is 16.5. The number of fused-ring (bicyclic) bond motifs is 1. The highest BCUT2D eigenvalue weighted by Crippen LogP contribution is 2.30. The molecule has 0 amide bonds. The molecule has 1 unspecified atom stereocenters. The molecule has 35 heavy (non-hydrogen) atoms. The van der Waals surface area contributed by atoms with Crippen LogP contribution in [0.5, 0.6) is 5.75 Å². The predicted molar refractivity (Wildman–Crippen MR) is 143 cm³/mol. The minimum atomic E-state index is 0.0478. The average Bonchev–Trinajstić information content (AvgIpc) is 2.82. The van der Waals surface area contributed by atoms with Gasteiger partial charge in [0.15, 0.2) is 0 Å². The maximum Gasteiger partial charge on any atom is 0.261 e. The fraction of sp³-hybridized carbons (Fsp3) is 0.714. The number of nitrogens with one attached hydrogen (secondary N) is 1. The maximum atomic E-state index is 13.7. The van der Waals surface area contributed by atoms with Crippen molar-refractivity contribution in [3.63, 3.8) is 0 Å². The van der Waals surface area contributed by atoms with Crippen molar-refractivity contribution in [3.8, 4) is 5.75 Å². The van der Waals surface area contributed by atoms with Gasteiger partial charge in [0.1, 0.15) is 11.6 Å². The number of nitrogens with zero attached hydrogens (tertiary/aromatic N) is 4. The normalized spacial score (nSPS) is 26.8. The summed E-state index contributed by atoms with van der Waals surface area (Å²) in [6, 6.07) is 7.53. The molecule has 0 bridgehead atoms. The molecule has 2 fully saturated rings. The van der Waals surface area contributed by atoms with Gasteiger partial charge < -0.3 is 15.0 Å². The number of aromatic nitrogens is 2. The summed E-state index contributed by atoms with van der Waals surface area (Å²) in [5.41, 5.74) is 0.822. The van der Waals surface area contributed by atoms with Gasteiger partial charge in [0.05, 0.1) is 23.0 Å². The largest absolute Gasteiger partial charge is 0.490 e. The van der Waals surface area contributed by atoms with Crippen molar-refractivity contribution in [1.29, 1.82) is 0 Å². The van der Waals surface area contributed by atoms with Crippen LogP contribution in [0.1, 0.15) is 78.1 Å². The lowest BCUT2D eigenvalue weighted by molar-refractivity contribution is 0.108. The summed E-state index contributed by atoms with van der Waals surface area (Å²) in [5, 5.41) is 4.29. The van der Waals surface area contributed by atoms with Crippen LogP contribution in [0.4, 0.5) is 0 Å². The summed E-state index contributed by atoms with van der Waals surface area (Å²) in [5.74, 6) is 1.69. The lowest BCUT2D eigenvalue weighted by Crippen LogP contribution is -2.55. The van der Waals surface area contributed by atoms with Crippen molar-refractivity contribution in [2.75, 3.05) is 27.2 Å². The van der Waals surface area contributed by atoms with Gasteiger partial charge in [0.2, 0.25) is 0 Å². The minimum Gasteiger partial charge on any atom is -0.490 e. The second-order valence-electron chi connectivity index (χ2n) is 10.9. The standard InChI is InChI=1S/C28H45N5O2/c1-7-9-26(32-17-19(3)29-20(4)18-32)27-30-25-15-14-23(16-24(25)28(34)33(27)8-2)35-22-12-10-21(11-13-22)31(5)6/h14-16,19-22,26,29H,7-13,17-18H2,1-6H3/t19-,20+,21?,22?,26?. The smallest absolute Gasteiger partial charge is 0.261 e. The molecule has 1 saturated heterocycles. The van der Waals surface area contributed by atoms with Gasteiger partial charge in [-0.2, -0.15) is 0 Å². The summed E-state index contributed by atoms with van der Waals surface area (Å²) in [4.78, 5) is 23.6. The lowest BCUT2D eigenvalue weighted by atomic mass is 9.92. The van der Waals surface area contributed by atoms with Gasteiger partial charge in [0, 0.05) is 37.8 Å². The predicted octanol–water partition coefficient (Wildman–Crippen LogP) is 4.19. The Labute approximate surface area is 210 Å². The van der Waals surface area contributed by atoms with Crippen molar-refractivity contribution in [2.24, 2.45) is 0 Å². The third-order valence-corrected chi connectivity index (χ3v) is 7.83. The Hall–Kier alpha value is -1.96. The number of rotatable bonds is 8. The van der Waals surface area contributed by atoms with E-state index in [1.165, 1.54) is 0 Å². The summed E-state index contributed by atoms with van der Waals surface area (Å²) in [6.07, 6.45) is 6.68. The van der Waals surface area contributed by atoms with Gasteiger partial charge in [-0.25, -0.2) is 4.98 Å². The van der Waals surface area contributed by atoms with Crippen LogP contribution in [-0.4, -0.2) is 70.8 Å². The molecule has 0 radical (unpaired) electrons. The van der Waals surface area contributed by atoms with Gasteiger partial charge in [-0.15, -0.1) is 0 Å². The molecule has 194 valence electrons. The van der Waals surface area contributed by atoms with Gasteiger partial charge in [-0.05, 0) is 85.2 Å². The Morgan fingerprint density at radius 2 is 1.80 bits per heavy atom. The fourth-order valence-corrected chi connectivity index (χ4v) is 6.09. The van der Waals surface area contributed by atoms with E-state index in [1.54, 1.807) is 0 Å². The van der Waals surface area contributed by atoms with E-state index in [1.807, 2.05) is 29.7 Å². The van der Waals surface area contributed by atoms with Crippen LogP contribution in [0.3, 0.4) is 0 Å². The number of hydrogen-bond donors (Lipinski definition) is 1. The zero-order chi connectivity index (χ0) is 25.1. The van der Waals surface area contributed by atoms with Crippen molar-refractivity contribution >= 4 is 10.9 Å². The number of piperazine rings is 1. The molecule has 1 saturated carbocycles. The molecule has 1 aliphatic heterocycles. The Balaban J connectivity index is 1.62. The molecular weight excluding hydrogens is 438 g/mol. The Kier molecular flexibility index (Phi) is 8.50. The Bertz CT molecular complexity index is 1030. The van der Waals surface area contributed by atoms with E-state index in [-0.39, 0.29) is 17.7 Å². The quantitative estimate of drug-likeness (QED) is 0.607. The first-order chi connectivity index (χ1) is 16.8. The molecule has 4 rings (SSSR count). The van der Waals surface area contributed by atoms with E-state index in [9.17, 15) is 4.79 Å². The monoisotopic (exact) mass is 483 g/mol. The number of benzene rings is 1. The maximum absolute atomic E-state index is 13.7. The molecule has 2 heterocycles. The molecule has 1 aromatic heterocycles. The number of hydrogen-bond acceptors (Lipinski definition) is 6. The second kappa shape index (κ2) is 11.4. The first-order valence-corrected chi connectivity index (χ1v) is 13.7. The molecule has 7 heteroatoms. The number of ether oxygens (including phenoxy) is 1. The van der Waals surface area contributed by atoms with E-state index >= 15 is 0 Å². The lowest BCUT2D eigenvalue weighted by Gasteiger charge is -2.41. The van der Waals surface area contributed by atoms with E-state index in [2.05, 4.69) is 50.0 Å². The first-order valence-electron chi connectivity index (χ1n) is 13.7. The van der Waals surface area contributed by atoms with Crippen LogP contribution in [-0.2, 0) is 6.54 Å². The average molecular weight is 484 g/mol. The summed E-state index contributed by atoms with van der Waals surface area (Å²) in [7, 11) is 4.31. The molecule has 3 atom stereocenters. The van der Waals surface area contributed by atoms with Crippen molar-refractivity contribution in [1.82, 2.24) is 24.7 Å². The Morgan fingerprint density at radius 3 is 2.40 bits per heavy atom. The Morgan fingerprint density at radius 1 is 1.11 bits per heavy atom. The highest BCUT2D eigenvalue weighted by Gasteiger charge is 2.31. The molecule has 1 N–H and O–H groups in total. The van der Waals surface area contributed by atoms with Crippen LogP contribution in [0.25, 0.3) is 10.9 Å². The summed E-state index contributed by atoms with van der Waals surface area (Å²) < 4.78 is 8.24. The summed E-state index contributed by atoms with van der Waals surface area (Å²) >= 11 is 0. The molecule has 0 spiro atoms. The second-order valence-corrected chi connectivity index (χ2v) is 10.9. The summed E-state index contributed by atoms with van der Waals surface area (Å²) in [6.45, 7) is 11.3. The zero-order valence-electron chi connectivity index (χ0n) is 22.6. The molecule has 7 nitrogen and oxygen atoms in total. The van der Waals surface area contributed by atoms with Crippen LogP contribution in [0, 0.1) is 0 Å². The van der Waals surface area contributed by atoms with Gasteiger partial charge in [0.25, 0.3) is 5.56 Å². The third-order valence-electron chi connectivity index (χ3n) is 7.83. The molecule has 2 aromatic rings. The van der Waals surface area contributed by atoms with Crippen molar-refractivity contribution in [3.05, 3.63) is 34.4 Å². The molecule has 1 aliphatic carbocycles. The van der Waals surface area contributed by atoms with Crippen molar-refractivity contribution in [2.45, 2.75) is 103 Å². The highest BCUT2D eigenvalue weighted by molar-refractivity contribution is 5.79. The van der Waals surface area contributed by atoms with Gasteiger partial charge in [-0.1, -0.05) is 13.3 Å². The SMILES string of the molecule is CCCC(c1nc2ccc(OC3CCC(N(C)C)CC3)cc2c(=O)n1CC)N1C[C@@H](C)N[C@@H](C)C1. The fourth-order valence-electron chi connectivity index (χ4n) is 6.09. The van der Waals surface area contributed by atoms with Crippen LogP contribution < -0.4 is 15.6 Å². The zero-order valence-corrected chi connectivity index (χ0v) is 22.6. The van der Waals surface area contributed by atoms with Gasteiger partial charge in [-0.3, -0.25) is 14.3 Å². The van der Waals surface area contributed by atoms with Gasteiger partial charge >= 0.3 is 0 Å². The van der Waals surface area contributed by atoms with Crippen LogP contribution in [0.2, 0.25) is 0 Å². The third kappa shape index (κ3) is 5.89. The van der Waals surface area contributed by atoms with E-state index in [4.69, 9.17) is 9.72 Å². The molecular formula is C28H45N5O2. The molecule has 2 aliphatic rings. The molecule has 1 aromatic carbocycles. The first kappa shape index (κ1) is 26.1. The van der Waals surface area contributed by atoms with E-state index < -0.39 is 0 Å². The van der Waals surface area contributed by atoms with E-state index in [0.717, 1.165) is 68.7 Å². The van der Waals surface area contributed by atoms with E-state index in [0.29, 0.717) is 30.1 Å².